The summed E-state index contributed by atoms with van der Waals surface area (Å²) >= 11 is 0. The number of aromatic nitrogens is 3. The molecule has 0 unspecified atom stereocenters. The van der Waals surface area contributed by atoms with Crippen molar-refractivity contribution in [2.24, 2.45) is 7.05 Å². The highest BCUT2D eigenvalue weighted by atomic mass is 32.2. The molecule has 0 amide bonds. The monoisotopic (exact) mass is 449 g/mol. The van der Waals surface area contributed by atoms with E-state index in [1.807, 2.05) is 0 Å². The SMILES string of the molecule is Cc1cc(-c2cc(NS(=O)(=O)C(C)C)nc(Nc3ccc(F)cc3F)n2)cn(C)c1=O. The van der Waals surface area contributed by atoms with Crippen LogP contribution in [-0.4, -0.2) is 28.2 Å². The predicted molar refractivity (Wildman–Crippen MR) is 115 cm³/mol. The third kappa shape index (κ3) is 5.05. The van der Waals surface area contributed by atoms with E-state index in [4.69, 9.17) is 0 Å². The number of hydrogen-bond donors (Lipinski definition) is 2. The number of hydrogen-bond acceptors (Lipinski definition) is 6. The van der Waals surface area contributed by atoms with Gasteiger partial charge >= 0.3 is 0 Å². The van der Waals surface area contributed by atoms with Gasteiger partial charge in [-0.25, -0.2) is 22.2 Å². The highest BCUT2D eigenvalue weighted by Gasteiger charge is 2.19. The second-order valence-corrected chi connectivity index (χ2v) is 9.47. The van der Waals surface area contributed by atoms with Crippen molar-refractivity contribution < 1.29 is 17.2 Å². The van der Waals surface area contributed by atoms with Crippen LogP contribution in [0.1, 0.15) is 19.4 Å². The predicted octanol–water partition coefficient (Wildman–Crippen LogP) is 3.32. The Balaban J connectivity index is 2.13. The summed E-state index contributed by atoms with van der Waals surface area (Å²) in [6.45, 7) is 4.66. The van der Waals surface area contributed by atoms with E-state index in [1.54, 1.807) is 26.2 Å². The Morgan fingerprint density at radius 1 is 1.10 bits per heavy atom. The van der Waals surface area contributed by atoms with Crippen molar-refractivity contribution in [1.82, 2.24) is 14.5 Å². The van der Waals surface area contributed by atoms with Crippen molar-refractivity contribution in [3.8, 4) is 11.3 Å². The van der Waals surface area contributed by atoms with Gasteiger partial charge in [0.2, 0.25) is 16.0 Å². The molecule has 0 saturated heterocycles. The quantitative estimate of drug-likeness (QED) is 0.598. The topological polar surface area (TPSA) is 106 Å². The average molecular weight is 449 g/mol. The van der Waals surface area contributed by atoms with Crippen LogP contribution >= 0.6 is 0 Å². The maximum Gasteiger partial charge on any atom is 0.253 e. The maximum atomic E-state index is 14.1. The van der Waals surface area contributed by atoms with Crippen LogP contribution in [0.25, 0.3) is 11.3 Å². The highest BCUT2D eigenvalue weighted by molar-refractivity contribution is 7.93. The average Bonchev–Trinajstić information content (AvgIpc) is 2.67. The number of rotatable bonds is 6. The molecule has 0 bridgehead atoms. The van der Waals surface area contributed by atoms with Gasteiger partial charge in [-0.15, -0.1) is 0 Å². The van der Waals surface area contributed by atoms with Crippen LogP contribution in [0.15, 0.2) is 41.3 Å². The first-order chi connectivity index (χ1) is 14.5. The van der Waals surface area contributed by atoms with Crippen LogP contribution in [0.3, 0.4) is 0 Å². The minimum atomic E-state index is -3.72. The van der Waals surface area contributed by atoms with Crippen LogP contribution in [0, 0.1) is 18.6 Å². The van der Waals surface area contributed by atoms with E-state index in [1.165, 1.54) is 30.5 Å². The van der Waals surface area contributed by atoms with E-state index in [0.717, 1.165) is 6.07 Å². The van der Waals surface area contributed by atoms with Gasteiger partial charge in [-0.3, -0.25) is 9.52 Å². The molecule has 0 aliphatic rings. The summed E-state index contributed by atoms with van der Waals surface area (Å²) in [5.74, 6) is -1.77. The van der Waals surface area contributed by atoms with Gasteiger partial charge in [0.1, 0.15) is 17.5 Å². The second-order valence-electron chi connectivity index (χ2n) is 7.23. The number of anilines is 3. The molecule has 2 N–H and O–H groups in total. The lowest BCUT2D eigenvalue weighted by Crippen LogP contribution is -2.23. The van der Waals surface area contributed by atoms with Gasteiger partial charge in [-0.2, -0.15) is 4.98 Å². The standard InChI is InChI=1S/C20H21F2N5O3S/c1-11(2)31(29,30)26-18-9-17(13-7-12(3)19(28)27(4)10-13)24-20(25-18)23-16-6-5-14(21)8-15(16)22/h5-11H,1-4H3,(H2,23,24,25,26). The lowest BCUT2D eigenvalue weighted by Gasteiger charge is -2.14. The Hall–Kier alpha value is -3.34. The number of benzene rings is 1. The molecule has 1 aromatic carbocycles. The highest BCUT2D eigenvalue weighted by Crippen LogP contribution is 2.25. The molecule has 0 atom stereocenters. The van der Waals surface area contributed by atoms with Crippen molar-refractivity contribution in [3.63, 3.8) is 0 Å². The molecule has 3 aromatic rings. The molecule has 11 heteroatoms. The Bertz CT molecular complexity index is 1280. The fraction of sp³-hybridized carbons (Fsp3) is 0.250. The normalized spacial score (nSPS) is 11.6. The zero-order chi connectivity index (χ0) is 22.9. The van der Waals surface area contributed by atoms with Gasteiger partial charge in [0, 0.05) is 36.5 Å². The molecule has 0 aliphatic heterocycles. The lowest BCUT2D eigenvalue weighted by molar-refractivity contribution is 0.585. The summed E-state index contributed by atoms with van der Waals surface area (Å²) in [5, 5.41) is 1.91. The Labute approximate surface area is 178 Å². The zero-order valence-electron chi connectivity index (χ0n) is 17.3. The minimum absolute atomic E-state index is 0.0461. The molecule has 2 aromatic heterocycles. The summed E-state index contributed by atoms with van der Waals surface area (Å²) < 4.78 is 55.7. The number of pyridine rings is 1. The van der Waals surface area contributed by atoms with Crippen LogP contribution in [0.2, 0.25) is 0 Å². The van der Waals surface area contributed by atoms with Gasteiger partial charge in [-0.05, 0) is 39.0 Å². The number of sulfonamides is 1. The fourth-order valence-electron chi connectivity index (χ4n) is 2.70. The molecule has 0 spiro atoms. The van der Waals surface area contributed by atoms with Gasteiger partial charge < -0.3 is 9.88 Å². The van der Waals surface area contributed by atoms with E-state index >= 15 is 0 Å². The Kier molecular flexibility index (Phi) is 6.07. The van der Waals surface area contributed by atoms with Crippen molar-refractivity contribution in [1.29, 1.82) is 0 Å². The third-order valence-electron chi connectivity index (χ3n) is 4.43. The Morgan fingerprint density at radius 2 is 1.81 bits per heavy atom. The number of nitrogens with one attached hydrogen (secondary N) is 2. The van der Waals surface area contributed by atoms with Gasteiger partial charge in [0.05, 0.1) is 16.6 Å². The molecular formula is C20H21F2N5O3S. The van der Waals surface area contributed by atoms with Crippen LogP contribution < -0.4 is 15.6 Å². The summed E-state index contributed by atoms with van der Waals surface area (Å²) in [6.07, 6.45) is 1.54. The van der Waals surface area contributed by atoms with E-state index in [-0.39, 0.29) is 23.0 Å². The first kappa shape index (κ1) is 22.3. The number of nitrogens with zero attached hydrogens (tertiary/aromatic N) is 3. The van der Waals surface area contributed by atoms with E-state index in [0.29, 0.717) is 22.9 Å². The summed E-state index contributed by atoms with van der Waals surface area (Å²) in [6, 6.07) is 5.95. The first-order valence-corrected chi connectivity index (χ1v) is 10.8. The molecule has 164 valence electrons. The van der Waals surface area contributed by atoms with Gasteiger partial charge in [0.25, 0.3) is 5.56 Å². The minimum Gasteiger partial charge on any atom is -0.322 e. The molecule has 0 saturated carbocycles. The fourth-order valence-corrected chi connectivity index (χ4v) is 3.33. The lowest BCUT2D eigenvalue weighted by atomic mass is 10.1. The van der Waals surface area contributed by atoms with Crippen molar-refractivity contribution in [3.05, 3.63) is 64.1 Å². The molecule has 0 radical (unpaired) electrons. The van der Waals surface area contributed by atoms with E-state index in [2.05, 4.69) is 20.0 Å². The molecule has 0 fully saturated rings. The van der Waals surface area contributed by atoms with Crippen LogP contribution in [0.4, 0.5) is 26.2 Å². The van der Waals surface area contributed by atoms with Gasteiger partial charge in [-0.1, -0.05) is 0 Å². The van der Waals surface area contributed by atoms with Crippen molar-refractivity contribution in [2.75, 3.05) is 10.0 Å². The molecule has 0 aliphatic carbocycles. The number of aryl methyl sites for hydroxylation is 2. The van der Waals surface area contributed by atoms with Crippen LogP contribution in [-0.2, 0) is 17.1 Å². The summed E-state index contributed by atoms with van der Waals surface area (Å²) in [4.78, 5) is 20.4. The first-order valence-electron chi connectivity index (χ1n) is 9.26. The molecule has 3 rings (SSSR count). The largest absolute Gasteiger partial charge is 0.322 e. The van der Waals surface area contributed by atoms with Gasteiger partial charge in [0.15, 0.2) is 0 Å². The van der Waals surface area contributed by atoms with E-state index < -0.39 is 26.9 Å². The van der Waals surface area contributed by atoms with Crippen LogP contribution in [0.5, 0.6) is 0 Å². The molecule has 2 heterocycles. The molecular weight excluding hydrogens is 428 g/mol. The Morgan fingerprint density at radius 3 is 2.42 bits per heavy atom. The summed E-state index contributed by atoms with van der Waals surface area (Å²) in [5.41, 5.74) is 0.995. The maximum absolute atomic E-state index is 14.1. The molecule has 31 heavy (non-hydrogen) atoms. The number of halogens is 2. The molecule has 8 nitrogen and oxygen atoms in total. The smallest absolute Gasteiger partial charge is 0.253 e. The zero-order valence-corrected chi connectivity index (χ0v) is 18.1. The van der Waals surface area contributed by atoms with Crippen molar-refractivity contribution in [2.45, 2.75) is 26.0 Å². The third-order valence-corrected chi connectivity index (χ3v) is 6.16. The second kappa shape index (κ2) is 8.42. The summed E-state index contributed by atoms with van der Waals surface area (Å²) in [7, 11) is -2.14. The van der Waals surface area contributed by atoms with Crippen molar-refractivity contribution >= 4 is 27.5 Å². The van der Waals surface area contributed by atoms with E-state index in [9.17, 15) is 22.0 Å².